The molecule has 0 radical (unpaired) electrons. The molecule has 0 unspecified atom stereocenters. The average molecular weight is 341 g/mol. The van der Waals surface area contributed by atoms with Crippen LogP contribution in [-0.4, -0.2) is 32.6 Å². The van der Waals surface area contributed by atoms with Crippen LogP contribution in [0.15, 0.2) is 12.1 Å². The molecule has 2 heterocycles. The Hall–Kier alpha value is -2.48. The number of rotatable bonds is 5. The predicted molar refractivity (Wildman–Crippen MR) is 81.7 cm³/mol. The van der Waals surface area contributed by atoms with Crippen LogP contribution in [-0.2, 0) is 4.79 Å². The van der Waals surface area contributed by atoms with Gasteiger partial charge in [-0.15, -0.1) is 0 Å². The maximum absolute atomic E-state index is 14.0. The predicted octanol–water partition coefficient (Wildman–Crippen LogP) is 3.32. The molecule has 3 N–H and O–H groups in total. The van der Waals surface area contributed by atoms with Crippen molar-refractivity contribution >= 4 is 45.3 Å². The summed E-state index contributed by atoms with van der Waals surface area (Å²) in [6.45, 7) is 0.334. The van der Waals surface area contributed by atoms with Gasteiger partial charge in [0.15, 0.2) is 5.82 Å². The first-order chi connectivity index (χ1) is 11.0. The van der Waals surface area contributed by atoms with Crippen LogP contribution in [0.25, 0.3) is 21.9 Å². The minimum absolute atomic E-state index is 0.00149. The van der Waals surface area contributed by atoms with Crippen molar-refractivity contribution < 1.29 is 18.7 Å². The van der Waals surface area contributed by atoms with E-state index in [0.29, 0.717) is 24.3 Å². The third kappa shape index (κ3) is 3.02. The zero-order valence-electron chi connectivity index (χ0n) is 11.7. The van der Waals surface area contributed by atoms with E-state index in [9.17, 15) is 13.6 Å². The summed E-state index contributed by atoms with van der Waals surface area (Å²) in [5.41, 5.74) is 0.852. The molecule has 1 aromatic carbocycles. The highest BCUT2D eigenvalue weighted by Gasteiger charge is 2.16. The number of H-pyrrole nitrogens is 1. The fourth-order valence-electron chi connectivity index (χ4n) is 2.35. The number of halogens is 3. The lowest BCUT2D eigenvalue weighted by atomic mass is 10.2. The molecule has 0 saturated heterocycles. The number of aromatic amines is 1. The second-order valence-corrected chi connectivity index (χ2v) is 5.26. The van der Waals surface area contributed by atoms with Crippen molar-refractivity contribution in [1.82, 2.24) is 15.0 Å². The number of aliphatic carboxylic acids is 1. The van der Waals surface area contributed by atoms with Gasteiger partial charge in [0.05, 0.1) is 10.9 Å². The summed E-state index contributed by atoms with van der Waals surface area (Å²) in [5.74, 6) is -2.06. The van der Waals surface area contributed by atoms with Gasteiger partial charge in [-0.25, -0.2) is 13.8 Å². The van der Waals surface area contributed by atoms with Gasteiger partial charge in [0.2, 0.25) is 5.28 Å². The van der Waals surface area contributed by atoms with Gasteiger partial charge in [0, 0.05) is 19.0 Å². The number of hydrogen-bond acceptors (Lipinski definition) is 4. The Balaban J connectivity index is 2.04. The van der Waals surface area contributed by atoms with Crippen LogP contribution in [0.4, 0.5) is 14.6 Å². The molecule has 0 aliphatic rings. The normalized spacial score (nSPS) is 11.3. The van der Waals surface area contributed by atoms with Crippen LogP contribution in [0.2, 0.25) is 5.28 Å². The standard InChI is InChI=1S/C14H11ClF2N4O2/c15-14-20-11-10-7(17)4-6(16)5-8(10)19-12(11)13(21-14)18-3-1-2-9(22)23/h4-5,19H,1-3H2,(H,22,23)(H,18,20,21). The van der Waals surface area contributed by atoms with Crippen LogP contribution in [0.1, 0.15) is 12.8 Å². The third-order valence-electron chi connectivity index (χ3n) is 3.29. The fourth-order valence-corrected chi connectivity index (χ4v) is 2.52. The highest BCUT2D eigenvalue weighted by molar-refractivity contribution is 6.29. The van der Waals surface area contributed by atoms with Crippen molar-refractivity contribution in [3.8, 4) is 0 Å². The minimum Gasteiger partial charge on any atom is -0.481 e. The van der Waals surface area contributed by atoms with E-state index < -0.39 is 17.6 Å². The second-order valence-electron chi connectivity index (χ2n) is 4.92. The molecule has 0 atom stereocenters. The molecule has 0 spiro atoms. The molecule has 9 heteroatoms. The molecule has 0 aliphatic heterocycles. The zero-order chi connectivity index (χ0) is 16.6. The van der Waals surface area contributed by atoms with E-state index in [0.717, 1.165) is 12.1 Å². The van der Waals surface area contributed by atoms with Crippen LogP contribution >= 0.6 is 11.6 Å². The Labute approximate surface area is 133 Å². The second kappa shape index (κ2) is 5.96. The highest BCUT2D eigenvalue weighted by atomic mass is 35.5. The van der Waals surface area contributed by atoms with Gasteiger partial charge < -0.3 is 15.4 Å². The first kappa shape index (κ1) is 15.4. The topological polar surface area (TPSA) is 90.9 Å². The third-order valence-corrected chi connectivity index (χ3v) is 3.46. The first-order valence-electron chi connectivity index (χ1n) is 6.75. The Morgan fingerprint density at radius 2 is 2.13 bits per heavy atom. The van der Waals surface area contributed by atoms with Crippen molar-refractivity contribution in [3.63, 3.8) is 0 Å². The number of carboxylic acids is 1. The van der Waals surface area contributed by atoms with Crippen LogP contribution in [0, 0.1) is 11.6 Å². The fraction of sp³-hybridized carbons (Fsp3) is 0.214. The van der Waals surface area contributed by atoms with Gasteiger partial charge in [-0.3, -0.25) is 4.79 Å². The molecule has 6 nitrogen and oxygen atoms in total. The molecule has 0 bridgehead atoms. The quantitative estimate of drug-likeness (QED) is 0.489. The summed E-state index contributed by atoms with van der Waals surface area (Å²) in [6, 6.07) is 1.92. The molecule has 120 valence electrons. The number of carbonyl (C=O) groups is 1. The number of aromatic nitrogens is 3. The van der Waals surface area contributed by atoms with Gasteiger partial charge in [0.25, 0.3) is 0 Å². The summed E-state index contributed by atoms with van der Waals surface area (Å²) in [4.78, 5) is 21.4. The average Bonchev–Trinajstić information content (AvgIpc) is 2.81. The number of fused-ring (bicyclic) bond motifs is 3. The summed E-state index contributed by atoms with van der Waals surface area (Å²) >= 11 is 5.86. The van der Waals surface area contributed by atoms with Gasteiger partial charge in [-0.05, 0) is 24.1 Å². The van der Waals surface area contributed by atoms with Gasteiger partial charge in [-0.2, -0.15) is 4.98 Å². The van der Waals surface area contributed by atoms with E-state index in [1.54, 1.807) is 0 Å². The van der Waals surface area contributed by atoms with E-state index in [4.69, 9.17) is 16.7 Å². The highest BCUT2D eigenvalue weighted by Crippen LogP contribution is 2.31. The molecule has 3 rings (SSSR count). The maximum atomic E-state index is 14.0. The number of hydrogen-bond donors (Lipinski definition) is 3. The Kier molecular flexibility index (Phi) is 3.99. The van der Waals surface area contributed by atoms with Gasteiger partial charge >= 0.3 is 5.97 Å². The summed E-state index contributed by atoms with van der Waals surface area (Å²) < 4.78 is 27.4. The van der Waals surface area contributed by atoms with Crippen molar-refractivity contribution in [2.75, 3.05) is 11.9 Å². The molecule has 3 aromatic rings. The van der Waals surface area contributed by atoms with Crippen molar-refractivity contribution in [1.29, 1.82) is 0 Å². The Morgan fingerprint density at radius 3 is 2.87 bits per heavy atom. The largest absolute Gasteiger partial charge is 0.481 e. The summed E-state index contributed by atoms with van der Waals surface area (Å²) in [7, 11) is 0. The van der Waals surface area contributed by atoms with E-state index in [1.807, 2.05) is 0 Å². The number of benzene rings is 1. The molecule has 0 saturated carbocycles. The van der Waals surface area contributed by atoms with E-state index in [-0.39, 0.29) is 28.1 Å². The SMILES string of the molecule is O=C(O)CCCNc1nc(Cl)nc2c1[nH]c1cc(F)cc(F)c12. The Morgan fingerprint density at radius 1 is 1.35 bits per heavy atom. The van der Waals surface area contributed by atoms with Crippen LogP contribution in [0.3, 0.4) is 0 Å². The minimum atomic E-state index is -0.902. The van der Waals surface area contributed by atoms with E-state index in [1.165, 1.54) is 0 Å². The first-order valence-corrected chi connectivity index (χ1v) is 7.13. The summed E-state index contributed by atoms with van der Waals surface area (Å²) in [5, 5.41) is 11.6. The molecule has 23 heavy (non-hydrogen) atoms. The van der Waals surface area contributed by atoms with Gasteiger partial charge in [0.1, 0.15) is 22.7 Å². The lowest BCUT2D eigenvalue weighted by Crippen LogP contribution is -2.07. The Bertz CT molecular complexity index is 913. The summed E-state index contributed by atoms with van der Waals surface area (Å²) in [6.07, 6.45) is 0.378. The van der Waals surface area contributed by atoms with Crippen LogP contribution in [0.5, 0.6) is 0 Å². The number of nitrogens with one attached hydrogen (secondary N) is 2. The molecular weight excluding hydrogens is 330 g/mol. The van der Waals surface area contributed by atoms with Crippen LogP contribution < -0.4 is 5.32 Å². The molecule has 0 amide bonds. The van der Waals surface area contributed by atoms with E-state index >= 15 is 0 Å². The smallest absolute Gasteiger partial charge is 0.303 e. The lowest BCUT2D eigenvalue weighted by molar-refractivity contribution is -0.137. The zero-order valence-corrected chi connectivity index (χ0v) is 12.4. The van der Waals surface area contributed by atoms with Gasteiger partial charge in [-0.1, -0.05) is 0 Å². The van der Waals surface area contributed by atoms with Crippen molar-refractivity contribution in [3.05, 3.63) is 29.1 Å². The number of anilines is 1. The maximum Gasteiger partial charge on any atom is 0.303 e. The molecule has 2 aromatic heterocycles. The lowest BCUT2D eigenvalue weighted by Gasteiger charge is -2.06. The number of carboxylic acid groups (broad SMARTS) is 1. The molecule has 0 aliphatic carbocycles. The van der Waals surface area contributed by atoms with Crippen molar-refractivity contribution in [2.45, 2.75) is 12.8 Å². The van der Waals surface area contributed by atoms with E-state index in [2.05, 4.69) is 20.3 Å². The molecular formula is C14H11ClF2N4O2. The van der Waals surface area contributed by atoms with Crippen molar-refractivity contribution in [2.24, 2.45) is 0 Å². The molecule has 0 fully saturated rings. The monoisotopic (exact) mass is 340 g/mol. The number of nitrogens with zero attached hydrogens (tertiary/aromatic N) is 2.